The minimum Gasteiger partial charge on any atom is -0.404 e. The summed E-state index contributed by atoms with van der Waals surface area (Å²) in [5, 5.41) is 12.8. The van der Waals surface area contributed by atoms with E-state index in [0.29, 0.717) is 43.7 Å². The van der Waals surface area contributed by atoms with Crippen LogP contribution in [0.1, 0.15) is 11.3 Å². The molecule has 1 saturated heterocycles. The van der Waals surface area contributed by atoms with E-state index in [1.54, 1.807) is 41.4 Å². The zero-order chi connectivity index (χ0) is 19.1. The monoisotopic (exact) mass is 365 g/mol. The van der Waals surface area contributed by atoms with Gasteiger partial charge in [0, 0.05) is 43.3 Å². The molecule has 0 bridgehead atoms. The number of nitrogens with zero attached hydrogens (tertiary/aromatic N) is 5. The molecular weight excluding hydrogens is 342 g/mol. The second kappa shape index (κ2) is 8.91. The van der Waals surface area contributed by atoms with Crippen LogP contribution in [0.2, 0.25) is 0 Å². The van der Waals surface area contributed by atoms with E-state index in [9.17, 15) is 0 Å². The molecule has 0 atom stereocenters. The lowest BCUT2D eigenvalue weighted by Gasteiger charge is -2.29. The largest absolute Gasteiger partial charge is 0.404 e. The highest BCUT2D eigenvalue weighted by Crippen LogP contribution is 2.13. The van der Waals surface area contributed by atoms with E-state index in [1.165, 1.54) is 6.20 Å². The van der Waals surface area contributed by atoms with Gasteiger partial charge >= 0.3 is 0 Å². The van der Waals surface area contributed by atoms with Gasteiger partial charge in [-0.2, -0.15) is 5.10 Å². The van der Waals surface area contributed by atoms with Gasteiger partial charge < -0.3 is 20.8 Å². The predicted molar refractivity (Wildman–Crippen MR) is 105 cm³/mol. The fourth-order valence-corrected chi connectivity index (χ4v) is 2.64. The molecule has 0 aliphatic carbocycles. The highest BCUT2D eigenvalue weighted by molar-refractivity contribution is 6.07. The lowest BCUT2D eigenvalue weighted by atomic mass is 10.1. The molecule has 3 rings (SSSR count). The molecule has 2 aromatic rings. The molecule has 1 aliphatic rings. The molecule has 8 heteroatoms. The standard InChI is InChI=1S/C19H23N7O/c1-15-5-9-26(24-15)18(2-6-20)23-19(25-10-12-27-13-11-25)14-17(21)16-3-7-22-8-4-16/h2-9,14,21H,10-13,20H2,1H3/b6-2-,19-14-,21-17?,23-18+. The number of hydrogen-bond acceptors (Lipinski definition) is 7. The zero-order valence-electron chi connectivity index (χ0n) is 15.2. The third-order valence-corrected chi connectivity index (χ3v) is 4.03. The number of nitrogens with one attached hydrogen (secondary N) is 1. The number of aryl methyl sites for hydroxylation is 1. The van der Waals surface area contributed by atoms with Gasteiger partial charge in [0.1, 0.15) is 5.82 Å². The van der Waals surface area contributed by atoms with Crippen molar-refractivity contribution in [3.8, 4) is 0 Å². The molecule has 140 valence electrons. The van der Waals surface area contributed by atoms with Crippen LogP contribution in [0, 0.1) is 12.3 Å². The lowest BCUT2D eigenvalue weighted by molar-refractivity contribution is 0.0532. The van der Waals surface area contributed by atoms with E-state index in [4.69, 9.17) is 20.9 Å². The average Bonchev–Trinajstić information content (AvgIpc) is 3.14. The summed E-state index contributed by atoms with van der Waals surface area (Å²) in [6, 6.07) is 5.51. The number of nitrogens with two attached hydrogens (primary N) is 1. The van der Waals surface area contributed by atoms with Gasteiger partial charge in [0.25, 0.3) is 0 Å². The topological polar surface area (TPSA) is 105 Å². The molecule has 8 nitrogen and oxygen atoms in total. The Bertz CT molecular complexity index is 861. The van der Waals surface area contributed by atoms with Crippen molar-refractivity contribution in [2.75, 3.05) is 26.3 Å². The average molecular weight is 365 g/mol. The number of hydrogen-bond donors (Lipinski definition) is 2. The van der Waals surface area contributed by atoms with Crippen LogP contribution in [0.25, 0.3) is 0 Å². The van der Waals surface area contributed by atoms with Crippen LogP contribution in [0.4, 0.5) is 0 Å². The Morgan fingerprint density at radius 1 is 1.26 bits per heavy atom. The van der Waals surface area contributed by atoms with Crippen molar-refractivity contribution >= 4 is 11.5 Å². The summed E-state index contributed by atoms with van der Waals surface area (Å²) in [5.74, 6) is 1.24. The SMILES string of the molecule is Cc1ccn(C(/C=C\N)=N/C(=C/C(=N)c2ccncc2)N2CCOCC2)n1. The Labute approximate surface area is 158 Å². The van der Waals surface area contributed by atoms with Gasteiger partial charge in [0.2, 0.25) is 0 Å². The molecule has 1 aliphatic heterocycles. The molecular formula is C19H23N7O. The van der Waals surface area contributed by atoms with Crippen molar-refractivity contribution in [3.63, 3.8) is 0 Å². The lowest BCUT2D eigenvalue weighted by Crippen LogP contribution is -2.36. The van der Waals surface area contributed by atoms with Gasteiger partial charge in [0.15, 0.2) is 5.84 Å². The molecule has 0 saturated carbocycles. The highest BCUT2D eigenvalue weighted by atomic mass is 16.5. The third kappa shape index (κ3) is 4.89. The number of aliphatic imine (C=N–C) groups is 1. The number of rotatable bonds is 5. The summed E-state index contributed by atoms with van der Waals surface area (Å²) >= 11 is 0. The maximum absolute atomic E-state index is 8.44. The van der Waals surface area contributed by atoms with Crippen molar-refractivity contribution in [3.05, 3.63) is 72.2 Å². The first-order valence-electron chi connectivity index (χ1n) is 8.70. The van der Waals surface area contributed by atoms with E-state index < -0.39 is 0 Å². The van der Waals surface area contributed by atoms with Crippen LogP contribution in [0.3, 0.4) is 0 Å². The Morgan fingerprint density at radius 3 is 2.63 bits per heavy atom. The van der Waals surface area contributed by atoms with E-state index in [2.05, 4.69) is 15.0 Å². The second-order valence-corrected chi connectivity index (χ2v) is 5.98. The first kappa shape index (κ1) is 18.5. The predicted octanol–water partition coefficient (Wildman–Crippen LogP) is 1.55. The highest BCUT2D eigenvalue weighted by Gasteiger charge is 2.15. The molecule has 2 aromatic heterocycles. The zero-order valence-corrected chi connectivity index (χ0v) is 15.2. The maximum Gasteiger partial charge on any atom is 0.157 e. The summed E-state index contributed by atoms with van der Waals surface area (Å²) in [6.07, 6.45) is 10.0. The molecule has 1 fully saturated rings. The van der Waals surface area contributed by atoms with Crippen molar-refractivity contribution < 1.29 is 4.74 Å². The van der Waals surface area contributed by atoms with E-state index in [1.807, 2.05) is 19.2 Å². The van der Waals surface area contributed by atoms with Gasteiger partial charge in [-0.05, 0) is 37.4 Å². The maximum atomic E-state index is 8.44. The molecule has 3 heterocycles. The fraction of sp³-hybridized carbons (Fsp3) is 0.263. The molecule has 3 N–H and O–H groups in total. The van der Waals surface area contributed by atoms with Crippen LogP contribution < -0.4 is 5.73 Å². The van der Waals surface area contributed by atoms with Gasteiger partial charge in [-0.3, -0.25) is 4.98 Å². The number of aromatic nitrogens is 3. The Kier molecular flexibility index (Phi) is 6.11. The van der Waals surface area contributed by atoms with Gasteiger partial charge in [-0.25, -0.2) is 9.67 Å². The van der Waals surface area contributed by atoms with Crippen molar-refractivity contribution in [2.24, 2.45) is 10.7 Å². The minimum atomic E-state index is 0.357. The van der Waals surface area contributed by atoms with Crippen LogP contribution in [0.15, 0.2) is 66.0 Å². The van der Waals surface area contributed by atoms with E-state index >= 15 is 0 Å². The van der Waals surface area contributed by atoms with Crippen molar-refractivity contribution in [2.45, 2.75) is 6.92 Å². The summed E-state index contributed by atoms with van der Waals surface area (Å²) in [7, 11) is 0. The first-order chi connectivity index (χ1) is 13.2. The Morgan fingerprint density at radius 2 is 2.00 bits per heavy atom. The summed E-state index contributed by atoms with van der Waals surface area (Å²) < 4.78 is 7.12. The molecule has 0 amide bonds. The van der Waals surface area contributed by atoms with E-state index in [-0.39, 0.29) is 0 Å². The van der Waals surface area contributed by atoms with Gasteiger partial charge in [-0.15, -0.1) is 0 Å². The summed E-state index contributed by atoms with van der Waals surface area (Å²) in [4.78, 5) is 10.9. The molecule has 27 heavy (non-hydrogen) atoms. The summed E-state index contributed by atoms with van der Waals surface area (Å²) in [6.45, 7) is 4.57. The van der Waals surface area contributed by atoms with Crippen LogP contribution in [0.5, 0.6) is 0 Å². The quantitative estimate of drug-likeness (QED) is 0.618. The summed E-state index contributed by atoms with van der Waals surface area (Å²) in [5.41, 5.74) is 7.63. The third-order valence-electron chi connectivity index (χ3n) is 4.03. The molecule has 0 radical (unpaired) electrons. The number of morpholine rings is 1. The van der Waals surface area contributed by atoms with E-state index in [0.717, 1.165) is 11.3 Å². The Hall–Kier alpha value is -3.26. The molecule has 0 spiro atoms. The van der Waals surface area contributed by atoms with Crippen LogP contribution in [-0.4, -0.2) is 57.5 Å². The number of allylic oxidation sites excluding steroid dienone is 2. The van der Waals surface area contributed by atoms with Crippen LogP contribution >= 0.6 is 0 Å². The normalized spacial score (nSPS) is 16.1. The molecule has 0 unspecified atom stereocenters. The van der Waals surface area contributed by atoms with Crippen molar-refractivity contribution in [1.82, 2.24) is 19.7 Å². The van der Waals surface area contributed by atoms with Crippen LogP contribution in [-0.2, 0) is 4.74 Å². The first-order valence-corrected chi connectivity index (χ1v) is 8.70. The van der Waals surface area contributed by atoms with Gasteiger partial charge in [-0.1, -0.05) is 0 Å². The Balaban J connectivity index is 2.00. The fourth-order valence-electron chi connectivity index (χ4n) is 2.64. The molecule has 0 aromatic carbocycles. The van der Waals surface area contributed by atoms with Crippen molar-refractivity contribution in [1.29, 1.82) is 5.41 Å². The second-order valence-electron chi connectivity index (χ2n) is 5.98. The smallest absolute Gasteiger partial charge is 0.157 e. The van der Waals surface area contributed by atoms with Gasteiger partial charge in [0.05, 0.1) is 24.6 Å². The number of ether oxygens (including phenoxy) is 1. The number of pyridine rings is 1. The minimum absolute atomic E-state index is 0.357.